The molecule has 5 heteroatoms. The molecule has 0 saturated carbocycles. The molecule has 2 N–H and O–H groups in total. The Morgan fingerprint density at radius 1 is 1.14 bits per heavy atom. The number of para-hydroxylation sites is 1. The van der Waals surface area contributed by atoms with Gasteiger partial charge in [-0.3, -0.25) is 0 Å². The number of pyridine rings is 1. The van der Waals surface area contributed by atoms with E-state index in [1.807, 2.05) is 49.4 Å². The first-order valence-corrected chi connectivity index (χ1v) is 6.78. The van der Waals surface area contributed by atoms with Crippen molar-refractivity contribution in [2.75, 3.05) is 12.3 Å². The molecule has 3 rings (SSSR count). The molecule has 21 heavy (non-hydrogen) atoms. The van der Waals surface area contributed by atoms with Crippen LogP contribution in [0.15, 0.2) is 54.9 Å². The van der Waals surface area contributed by atoms with Crippen LogP contribution >= 0.6 is 0 Å². The molecule has 2 heterocycles. The summed E-state index contributed by atoms with van der Waals surface area (Å²) in [6.07, 6.45) is 3.49. The fraction of sp³-hybridized carbons (Fsp3) is 0.125. The highest BCUT2D eigenvalue weighted by molar-refractivity contribution is 5.77. The molecule has 0 fully saturated rings. The number of hydrogen-bond donors (Lipinski definition) is 1. The van der Waals surface area contributed by atoms with Crippen LogP contribution < -0.4 is 10.5 Å². The van der Waals surface area contributed by atoms with E-state index in [1.54, 1.807) is 17.1 Å². The minimum Gasteiger partial charge on any atom is -0.493 e. The average molecular weight is 280 g/mol. The van der Waals surface area contributed by atoms with Crippen molar-refractivity contribution in [1.82, 2.24) is 14.8 Å². The van der Waals surface area contributed by atoms with E-state index in [-0.39, 0.29) is 0 Å². The second kappa shape index (κ2) is 5.66. The number of nitrogens with zero attached hydrogens (tertiary/aromatic N) is 3. The number of aromatic nitrogens is 3. The molecule has 2 aromatic heterocycles. The first-order chi connectivity index (χ1) is 10.3. The maximum absolute atomic E-state index is 6.11. The number of nitrogens with two attached hydrogens (primary N) is 1. The molecule has 0 spiro atoms. The monoisotopic (exact) mass is 280 g/mol. The van der Waals surface area contributed by atoms with Gasteiger partial charge in [0.15, 0.2) is 5.82 Å². The van der Waals surface area contributed by atoms with E-state index in [0.717, 1.165) is 17.1 Å². The molecule has 5 nitrogen and oxygen atoms in total. The molecule has 0 aliphatic carbocycles. The van der Waals surface area contributed by atoms with Crippen LogP contribution in [0.4, 0.5) is 5.69 Å². The Labute approximate surface area is 123 Å². The molecule has 0 amide bonds. The van der Waals surface area contributed by atoms with Gasteiger partial charge < -0.3 is 10.5 Å². The normalized spacial score (nSPS) is 10.5. The lowest BCUT2D eigenvalue weighted by atomic mass is 10.1. The number of ether oxygens (including phenoxy) is 1. The van der Waals surface area contributed by atoms with Crippen molar-refractivity contribution in [3.8, 4) is 22.8 Å². The maximum atomic E-state index is 6.11. The quantitative estimate of drug-likeness (QED) is 0.798. The molecule has 0 atom stereocenters. The molecular weight excluding hydrogens is 264 g/mol. The van der Waals surface area contributed by atoms with Gasteiger partial charge in [-0.15, -0.1) is 0 Å². The summed E-state index contributed by atoms with van der Waals surface area (Å²) in [5.74, 6) is 1.50. The second-order valence-electron chi connectivity index (χ2n) is 4.49. The van der Waals surface area contributed by atoms with Gasteiger partial charge in [-0.25, -0.2) is 9.67 Å². The van der Waals surface area contributed by atoms with Gasteiger partial charge in [0.2, 0.25) is 0 Å². The van der Waals surface area contributed by atoms with Crippen LogP contribution in [0.5, 0.6) is 5.75 Å². The minimum atomic E-state index is 0.591. The Hall–Kier alpha value is -2.82. The molecule has 0 saturated heterocycles. The van der Waals surface area contributed by atoms with Crippen LogP contribution in [-0.4, -0.2) is 21.4 Å². The van der Waals surface area contributed by atoms with E-state index in [2.05, 4.69) is 10.1 Å². The molecule has 3 aromatic rings. The third-order valence-electron chi connectivity index (χ3n) is 3.07. The smallest absolute Gasteiger partial charge is 0.153 e. The van der Waals surface area contributed by atoms with E-state index in [1.165, 1.54) is 0 Å². The van der Waals surface area contributed by atoms with Gasteiger partial charge in [-0.1, -0.05) is 18.2 Å². The second-order valence-corrected chi connectivity index (χ2v) is 4.49. The number of rotatable bonds is 4. The van der Waals surface area contributed by atoms with Crippen molar-refractivity contribution in [2.45, 2.75) is 6.92 Å². The molecule has 0 unspecified atom stereocenters. The summed E-state index contributed by atoms with van der Waals surface area (Å²) in [6, 6.07) is 13.4. The third kappa shape index (κ3) is 2.58. The van der Waals surface area contributed by atoms with Crippen molar-refractivity contribution in [1.29, 1.82) is 0 Å². The van der Waals surface area contributed by atoms with Crippen LogP contribution in [0.3, 0.4) is 0 Å². The largest absolute Gasteiger partial charge is 0.493 e. The van der Waals surface area contributed by atoms with Gasteiger partial charge in [-0.05, 0) is 31.2 Å². The Bertz CT molecular complexity index is 737. The van der Waals surface area contributed by atoms with E-state index in [9.17, 15) is 0 Å². The summed E-state index contributed by atoms with van der Waals surface area (Å²) in [7, 11) is 0. The summed E-state index contributed by atoms with van der Waals surface area (Å²) in [6.45, 7) is 2.55. The van der Waals surface area contributed by atoms with Crippen molar-refractivity contribution in [3.63, 3.8) is 0 Å². The number of anilines is 1. The number of nitrogen functional groups attached to an aromatic ring is 1. The highest BCUT2D eigenvalue weighted by Gasteiger charge is 2.14. The van der Waals surface area contributed by atoms with Gasteiger partial charge >= 0.3 is 0 Å². The zero-order valence-electron chi connectivity index (χ0n) is 11.7. The first kappa shape index (κ1) is 13.2. The fourth-order valence-corrected chi connectivity index (χ4v) is 2.15. The molecule has 0 radical (unpaired) electrons. The third-order valence-corrected chi connectivity index (χ3v) is 3.07. The Morgan fingerprint density at radius 3 is 2.71 bits per heavy atom. The van der Waals surface area contributed by atoms with Gasteiger partial charge in [-0.2, -0.15) is 5.10 Å². The zero-order valence-corrected chi connectivity index (χ0v) is 11.7. The lowest BCUT2D eigenvalue weighted by Crippen LogP contribution is -1.98. The van der Waals surface area contributed by atoms with Crippen LogP contribution in [0.2, 0.25) is 0 Å². The van der Waals surface area contributed by atoms with Crippen molar-refractivity contribution < 1.29 is 4.74 Å². The van der Waals surface area contributed by atoms with E-state index < -0.39 is 0 Å². The maximum Gasteiger partial charge on any atom is 0.153 e. The zero-order chi connectivity index (χ0) is 14.7. The number of benzene rings is 1. The SMILES string of the molecule is CCOc1ccccc1-c1nn(-c2ccccn2)cc1N. The summed E-state index contributed by atoms with van der Waals surface area (Å²) < 4.78 is 7.31. The lowest BCUT2D eigenvalue weighted by Gasteiger charge is -2.08. The highest BCUT2D eigenvalue weighted by atomic mass is 16.5. The van der Waals surface area contributed by atoms with E-state index in [4.69, 9.17) is 10.5 Å². The number of hydrogen-bond acceptors (Lipinski definition) is 4. The molecular formula is C16H16N4O. The minimum absolute atomic E-state index is 0.591. The molecule has 106 valence electrons. The van der Waals surface area contributed by atoms with E-state index in [0.29, 0.717) is 18.0 Å². The predicted octanol–water partition coefficient (Wildman–Crippen LogP) is 2.92. The van der Waals surface area contributed by atoms with Crippen molar-refractivity contribution in [2.24, 2.45) is 0 Å². The average Bonchev–Trinajstić information content (AvgIpc) is 2.91. The standard InChI is InChI=1S/C16H16N4O/c1-2-21-14-8-4-3-7-12(14)16-13(17)11-20(19-16)15-9-5-6-10-18-15/h3-11H,2,17H2,1H3. The predicted molar refractivity (Wildman–Crippen MR) is 82.4 cm³/mol. The van der Waals surface area contributed by atoms with Crippen molar-refractivity contribution in [3.05, 3.63) is 54.9 Å². The highest BCUT2D eigenvalue weighted by Crippen LogP contribution is 2.32. The molecule has 0 aliphatic heterocycles. The van der Waals surface area contributed by atoms with Crippen LogP contribution in [0, 0.1) is 0 Å². The topological polar surface area (TPSA) is 66.0 Å². The van der Waals surface area contributed by atoms with E-state index >= 15 is 0 Å². The first-order valence-electron chi connectivity index (χ1n) is 6.78. The summed E-state index contributed by atoms with van der Waals surface area (Å²) in [5, 5.41) is 4.54. The summed E-state index contributed by atoms with van der Waals surface area (Å²) >= 11 is 0. The van der Waals surface area contributed by atoms with Crippen molar-refractivity contribution >= 4 is 5.69 Å². The Kier molecular flexibility index (Phi) is 3.55. The fourth-order valence-electron chi connectivity index (χ4n) is 2.15. The summed E-state index contributed by atoms with van der Waals surface area (Å²) in [4.78, 5) is 4.27. The Morgan fingerprint density at radius 2 is 1.95 bits per heavy atom. The van der Waals surface area contributed by atoms with Crippen LogP contribution in [-0.2, 0) is 0 Å². The van der Waals surface area contributed by atoms with Gasteiger partial charge in [0, 0.05) is 11.8 Å². The molecule has 0 bridgehead atoms. The van der Waals surface area contributed by atoms with Gasteiger partial charge in [0.25, 0.3) is 0 Å². The lowest BCUT2D eigenvalue weighted by molar-refractivity contribution is 0.341. The van der Waals surface area contributed by atoms with Crippen LogP contribution in [0.25, 0.3) is 17.1 Å². The van der Waals surface area contributed by atoms with Crippen LogP contribution in [0.1, 0.15) is 6.92 Å². The Balaban J connectivity index is 2.06. The van der Waals surface area contributed by atoms with Gasteiger partial charge in [0.1, 0.15) is 11.4 Å². The van der Waals surface area contributed by atoms with Gasteiger partial charge in [0.05, 0.1) is 18.5 Å². The molecule has 1 aromatic carbocycles. The summed E-state index contributed by atoms with van der Waals surface area (Å²) in [5.41, 5.74) is 8.28. The molecule has 0 aliphatic rings.